The standard InChI is InChI=1S/C29H31N5O3/c1-19-32-28(33-37-19)26-12-11-25(17-31-26)27(35)24-10-7-21(15-24)14-20-5-8-23(9-6-20)29(36)34(2)18-22-4-3-13-30-16-22/h3-6,8-9,11-13,16-17,21,24,27,35H,7,10,14-15,18H2,1-2H3/t21-,24-,27-/m0/s1. The number of aliphatic hydroxyl groups excluding tert-OH is 1. The molecule has 3 heterocycles. The number of aliphatic hydroxyl groups is 1. The van der Waals surface area contributed by atoms with Crippen molar-refractivity contribution in [1.29, 1.82) is 0 Å². The van der Waals surface area contributed by atoms with E-state index >= 15 is 0 Å². The molecule has 1 aliphatic carbocycles. The second kappa shape index (κ2) is 11.0. The third kappa shape index (κ3) is 5.91. The van der Waals surface area contributed by atoms with E-state index in [0.717, 1.165) is 36.8 Å². The molecule has 1 aliphatic rings. The van der Waals surface area contributed by atoms with Gasteiger partial charge < -0.3 is 14.5 Å². The van der Waals surface area contributed by atoms with Gasteiger partial charge in [0.15, 0.2) is 0 Å². The van der Waals surface area contributed by atoms with Crippen molar-refractivity contribution >= 4 is 5.91 Å². The van der Waals surface area contributed by atoms with Crippen molar-refractivity contribution < 1.29 is 14.4 Å². The van der Waals surface area contributed by atoms with Gasteiger partial charge in [0.05, 0.1) is 6.10 Å². The Bertz CT molecular complexity index is 1320. The molecule has 1 fully saturated rings. The maximum Gasteiger partial charge on any atom is 0.253 e. The predicted molar refractivity (Wildman–Crippen MR) is 138 cm³/mol. The van der Waals surface area contributed by atoms with Crippen LogP contribution in [0.3, 0.4) is 0 Å². The highest BCUT2D eigenvalue weighted by atomic mass is 16.5. The largest absolute Gasteiger partial charge is 0.388 e. The van der Waals surface area contributed by atoms with Crippen LogP contribution in [0.25, 0.3) is 11.5 Å². The summed E-state index contributed by atoms with van der Waals surface area (Å²) in [6.45, 7) is 2.26. The number of hydrogen-bond donors (Lipinski definition) is 1. The Morgan fingerprint density at radius 1 is 1.11 bits per heavy atom. The first-order valence-corrected chi connectivity index (χ1v) is 12.6. The molecular formula is C29H31N5O3. The number of nitrogens with zero attached hydrogens (tertiary/aromatic N) is 5. The number of carbonyl (C=O) groups is 1. The Balaban J connectivity index is 1.14. The summed E-state index contributed by atoms with van der Waals surface area (Å²) in [4.78, 5) is 27.3. The van der Waals surface area contributed by atoms with Crippen molar-refractivity contribution in [2.24, 2.45) is 11.8 Å². The molecule has 5 rings (SSSR count). The van der Waals surface area contributed by atoms with Crippen molar-refractivity contribution in [2.45, 2.75) is 45.3 Å². The van der Waals surface area contributed by atoms with Gasteiger partial charge in [-0.25, -0.2) is 0 Å². The minimum atomic E-state index is -0.547. The van der Waals surface area contributed by atoms with Gasteiger partial charge in [0.1, 0.15) is 5.69 Å². The number of hydrogen-bond acceptors (Lipinski definition) is 7. The normalized spacial score (nSPS) is 18.0. The molecule has 1 N–H and O–H groups in total. The van der Waals surface area contributed by atoms with Crippen molar-refractivity contribution in [2.75, 3.05) is 7.05 Å². The lowest BCUT2D eigenvalue weighted by molar-refractivity contribution is 0.0785. The van der Waals surface area contributed by atoms with Crippen LogP contribution >= 0.6 is 0 Å². The van der Waals surface area contributed by atoms with Gasteiger partial charge in [-0.1, -0.05) is 29.4 Å². The first kappa shape index (κ1) is 24.8. The van der Waals surface area contributed by atoms with E-state index in [-0.39, 0.29) is 11.8 Å². The van der Waals surface area contributed by atoms with Gasteiger partial charge in [-0.3, -0.25) is 14.8 Å². The molecule has 37 heavy (non-hydrogen) atoms. The van der Waals surface area contributed by atoms with Gasteiger partial charge in [-0.15, -0.1) is 0 Å². The Morgan fingerprint density at radius 3 is 2.62 bits per heavy atom. The van der Waals surface area contributed by atoms with Crippen molar-refractivity contribution in [3.63, 3.8) is 0 Å². The molecule has 0 saturated heterocycles. The molecule has 0 aliphatic heterocycles. The topological polar surface area (TPSA) is 105 Å². The molecule has 3 aromatic heterocycles. The summed E-state index contributed by atoms with van der Waals surface area (Å²) >= 11 is 0. The second-order valence-electron chi connectivity index (χ2n) is 9.92. The zero-order valence-corrected chi connectivity index (χ0v) is 21.1. The predicted octanol–water partition coefficient (Wildman–Crippen LogP) is 4.80. The molecule has 0 radical (unpaired) electrons. The monoisotopic (exact) mass is 497 g/mol. The van der Waals surface area contributed by atoms with Gasteiger partial charge in [-0.05, 0) is 78.5 Å². The Hall–Kier alpha value is -3.91. The zero-order chi connectivity index (χ0) is 25.8. The van der Waals surface area contributed by atoms with Gasteiger partial charge in [0.2, 0.25) is 11.7 Å². The fraction of sp³-hybridized carbons (Fsp3) is 0.345. The van der Waals surface area contributed by atoms with E-state index in [2.05, 4.69) is 32.2 Å². The third-order valence-electron chi connectivity index (χ3n) is 7.13. The molecule has 3 atom stereocenters. The quantitative estimate of drug-likeness (QED) is 0.373. The van der Waals surface area contributed by atoms with Crippen LogP contribution in [0.2, 0.25) is 0 Å². The van der Waals surface area contributed by atoms with E-state index in [1.54, 1.807) is 30.4 Å². The molecule has 0 unspecified atom stereocenters. The highest BCUT2D eigenvalue weighted by Crippen LogP contribution is 2.40. The zero-order valence-electron chi connectivity index (χ0n) is 21.1. The first-order chi connectivity index (χ1) is 18.0. The minimum Gasteiger partial charge on any atom is -0.388 e. The van der Waals surface area contributed by atoms with Gasteiger partial charge in [0, 0.05) is 44.7 Å². The number of amides is 1. The van der Waals surface area contributed by atoms with Crippen LogP contribution in [0.15, 0.2) is 71.6 Å². The Morgan fingerprint density at radius 2 is 1.95 bits per heavy atom. The maximum absolute atomic E-state index is 12.8. The highest BCUT2D eigenvalue weighted by molar-refractivity contribution is 5.94. The number of rotatable bonds is 8. The lowest BCUT2D eigenvalue weighted by atomic mass is 9.92. The summed E-state index contributed by atoms with van der Waals surface area (Å²) in [6, 6.07) is 15.5. The van der Waals surface area contributed by atoms with Crippen LogP contribution in [-0.4, -0.2) is 43.1 Å². The molecule has 0 spiro atoms. The average molecular weight is 498 g/mol. The van der Waals surface area contributed by atoms with Gasteiger partial charge >= 0.3 is 0 Å². The fourth-order valence-corrected chi connectivity index (χ4v) is 5.15. The SMILES string of the molecule is Cc1nc(-c2ccc([C@@H](O)[C@H]3CC[C@@H](Cc4ccc(C(=O)N(C)Cc5cccnc5)cc4)C3)cn2)no1. The van der Waals surface area contributed by atoms with E-state index in [4.69, 9.17) is 4.52 Å². The van der Waals surface area contributed by atoms with Crippen LogP contribution in [0.5, 0.6) is 0 Å². The van der Waals surface area contributed by atoms with Crippen molar-refractivity contribution in [3.8, 4) is 11.5 Å². The van der Waals surface area contributed by atoms with E-state index in [1.165, 1.54) is 5.56 Å². The highest BCUT2D eigenvalue weighted by Gasteiger charge is 2.31. The maximum atomic E-state index is 12.8. The van der Waals surface area contributed by atoms with Gasteiger partial charge in [-0.2, -0.15) is 4.98 Å². The molecule has 0 bridgehead atoms. The summed E-state index contributed by atoms with van der Waals surface area (Å²) in [5.74, 6) is 1.64. The molecule has 1 amide bonds. The van der Waals surface area contributed by atoms with Crippen LogP contribution in [0.4, 0.5) is 0 Å². The Labute approximate surface area is 216 Å². The lowest BCUT2D eigenvalue weighted by Crippen LogP contribution is -2.26. The smallest absolute Gasteiger partial charge is 0.253 e. The molecule has 1 aromatic carbocycles. The Kier molecular flexibility index (Phi) is 7.37. The second-order valence-corrected chi connectivity index (χ2v) is 9.92. The third-order valence-corrected chi connectivity index (χ3v) is 7.13. The molecule has 8 heteroatoms. The van der Waals surface area contributed by atoms with Crippen molar-refractivity contribution in [1.82, 2.24) is 25.0 Å². The minimum absolute atomic E-state index is 0.00597. The van der Waals surface area contributed by atoms with Crippen LogP contribution in [0.1, 0.15) is 58.3 Å². The number of aromatic nitrogens is 4. The summed E-state index contributed by atoms with van der Waals surface area (Å²) in [5.41, 5.74) is 4.34. The van der Waals surface area contributed by atoms with Crippen molar-refractivity contribution in [3.05, 3.63) is 95.3 Å². The lowest BCUT2D eigenvalue weighted by Gasteiger charge is -2.19. The van der Waals surface area contributed by atoms with E-state index in [9.17, 15) is 9.90 Å². The first-order valence-electron chi connectivity index (χ1n) is 12.6. The van der Waals surface area contributed by atoms with E-state index in [1.807, 2.05) is 43.4 Å². The average Bonchev–Trinajstić information content (AvgIpc) is 3.58. The van der Waals surface area contributed by atoms with Gasteiger partial charge in [0.25, 0.3) is 5.91 Å². The number of aryl methyl sites for hydroxylation is 1. The number of carbonyl (C=O) groups excluding carboxylic acids is 1. The summed E-state index contributed by atoms with van der Waals surface area (Å²) < 4.78 is 5.02. The summed E-state index contributed by atoms with van der Waals surface area (Å²) in [5, 5.41) is 14.9. The molecule has 190 valence electrons. The summed E-state index contributed by atoms with van der Waals surface area (Å²) in [6.07, 6.45) is 8.62. The molecule has 8 nitrogen and oxygen atoms in total. The fourth-order valence-electron chi connectivity index (χ4n) is 5.15. The number of pyridine rings is 2. The number of benzene rings is 1. The van der Waals surface area contributed by atoms with Crippen LogP contribution < -0.4 is 0 Å². The molecular weight excluding hydrogens is 466 g/mol. The molecule has 4 aromatic rings. The van der Waals surface area contributed by atoms with Crippen LogP contribution in [0, 0.1) is 18.8 Å². The van der Waals surface area contributed by atoms with Crippen LogP contribution in [-0.2, 0) is 13.0 Å². The molecule has 1 saturated carbocycles. The van der Waals surface area contributed by atoms with E-state index in [0.29, 0.717) is 35.4 Å². The summed E-state index contributed by atoms with van der Waals surface area (Å²) in [7, 11) is 1.81. The van der Waals surface area contributed by atoms with E-state index < -0.39 is 6.10 Å².